The summed E-state index contributed by atoms with van der Waals surface area (Å²) < 4.78 is 0. The first-order valence-electron chi connectivity index (χ1n) is 9.74. The van der Waals surface area contributed by atoms with Crippen LogP contribution in [0.25, 0.3) is 0 Å². The van der Waals surface area contributed by atoms with Gasteiger partial charge in [0.2, 0.25) is 0 Å². The van der Waals surface area contributed by atoms with Gasteiger partial charge in [0.05, 0.1) is 11.3 Å². The van der Waals surface area contributed by atoms with E-state index in [0.717, 1.165) is 11.3 Å². The Morgan fingerprint density at radius 3 is 2.21 bits per heavy atom. The molecule has 2 aromatic carbocycles. The summed E-state index contributed by atoms with van der Waals surface area (Å²) in [4.78, 5) is 15.9. The molecule has 0 unspecified atom stereocenters. The largest absolute Gasteiger partial charge is 0.512 e. The number of aliphatic hydroxyl groups excluding tert-OH is 1. The van der Waals surface area contributed by atoms with Gasteiger partial charge in [-0.05, 0) is 30.7 Å². The van der Waals surface area contributed by atoms with Gasteiger partial charge in [-0.3, -0.25) is 4.79 Å². The van der Waals surface area contributed by atoms with E-state index >= 15 is 0 Å². The molecule has 2 aromatic rings. The van der Waals surface area contributed by atoms with E-state index in [4.69, 9.17) is 4.99 Å². The molecular weight excluding hydrogens is 538 g/mol. The summed E-state index contributed by atoms with van der Waals surface area (Å²) in [7, 11) is 0. The van der Waals surface area contributed by atoms with Crippen LogP contribution in [0.4, 0.5) is 0 Å². The maximum absolute atomic E-state index is 11.0. The van der Waals surface area contributed by atoms with Crippen LogP contribution in [0.2, 0.25) is 0 Å². The molecule has 0 fully saturated rings. The molecule has 0 amide bonds. The molecule has 0 aromatic heterocycles. The van der Waals surface area contributed by atoms with Crippen LogP contribution < -0.4 is 0 Å². The molecule has 1 radical (unpaired) electrons. The van der Waals surface area contributed by atoms with Gasteiger partial charge in [-0.2, -0.15) is 0 Å². The first-order chi connectivity index (χ1) is 13.1. The van der Waals surface area contributed by atoms with Crippen molar-refractivity contribution in [3.8, 4) is 0 Å². The number of rotatable bonds is 4. The Bertz CT molecular complexity index is 881. The number of nitrogens with zero attached hydrogens (tertiary/aromatic N) is 1. The number of allylic oxidation sites excluding steroid dienone is 2. The minimum absolute atomic E-state index is 0. The molecule has 1 aliphatic heterocycles. The van der Waals surface area contributed by atoms with E-state index in [1.165, 1.54) is 17.2 Å². The standard InChI is InChI=1S/C16H14N.C9H16O2.Ir/c1-16(2)14-11-7-6-10-13(14)15(17-16)12-8-4-3-5-9-12;1-6(2)8(10)5-9(11)7(3)4;/h3-8,10-11H,1-2H3;5-7,10H,1-4H3;/q-1;;/b;8-5-;. The molecule has 0 saturated heterocycles. The third-order valence-corrected chi connectivity index (χ3v) is 4.65. The molecule has 1 heterocycles. The second-order valence-corrected chi connectivity index (χ2v) is 8.12. The Morgan fingerprint density at radius 2 is 1.66 bits per heavy atom. The molecular formula is C25H30IrNO2-. The molecule has 3 nitrogen and oxygen atoms in total. The minimum Gasteiger partial charge on any atom is -0.512 e. The molecule has 3 rings (SSSR count). The summed E-state index contributed by atoms with van der Waals surface area (Å²) in [6, 6.07) is 19.7. The molecule has 0 atom stereocenters. The summed E-state index contributed by atoms with van der Waals surface area (Å²) in [6.07, 6.45) is 1.31. The number of aliphatic imine (C=N–C) groups is 1. The number of carbonyl (C=O) groups excluding carboxylic acids is 1. The van der Waals surface area contributed by atoms with Crippen molar-refractivity contribution in [2.24, 2.45) is 16.8 Å². The van der Waals surface area contributed by atoms with Crippen LogP contribution in [0.15, 0.2) is 65.4 Å². The van der Waals surface area contributed by atoms with Crippen molar-refractivity contribution in [1.82, 2.24) is 0 Å². The first kappa shape index (κ1) is 25.0. The van der Waals surface area contributed by atoms with Crippen LogP contribution in [-0.4, -0.2) is 16.6 Å². The van der Waals surface area contributed by atoms with Crippen molar-refractivity contribution in [3.63, 3.8) is 0 Å². The predicted molar refractivity (Wildman–Crippen MR) is 116 cm³/mol. The molecule has 0 spiro atoms. The summed E-state index contributed by atoms with van der Waals surface area (Å²) in [5, 5.41) is 9.19. The van der Waals surface area contributed by atoms with Gasteiger partial charge in [0, 0.05) is 38.0 Å². The van der Waals surface area contributed by atoms with E-state index in [9.17, 15) is 9.90 Å². The normalized spacial score (nSPS) is 14.5. The first-order valence-corrected chi connectivity index (χ1v) is 9.74. The zero-order valence-corrected chi connectivity index (χ0v) is 20.4. The van der Waals surface area contributed by atoms with Gasteiger partial charge in [0.1, 0.15) is 0 Å². The Hall–Kier alpha value is -2.03. The van der Waals surface area contributed by atoms with Crippen molar-refractivity contribution in [2.75, 3.05) is 0 Å². The van der Waals surface area contributed by atoms with Crippen LogP contribution in [0.3, 0.4) is 0 Å². The van der Waals surface area contributed by atoms with Crippen LogP contribution in [0.5, 0.6) is 0 Å². The number of benzene rings is 2. The molecule has 0 bridgehead atoms. The summed E-state index contributed by atoms with van der Waals surface area (Å²) in [5.74, 6) is 0.161. The van der Waals surface area contributed by atoms with Crippen molar-refractivity contribution in [1.29, 1.82) is 0 Å². The second-order valence-electron chi connectivity index (χ2n) is 8.12. The van der Waals surface area contributed by atoms with E-state index in [-0.39, 0.29) is 49.0 Å². The third-order valence-electron chi connectivity index (χ3n) is 4.65. The number of aliphatic hydroxyl groups is 1. The second kappa shape index (κ2) is 10.7. The SMILES string of the molecule is CC(C)C(=O)/C=C(\O)C(C)C.CC1(C)N=C(c2[c-]cccc2)c2ccccc21.[Ir]. The van der Waals surface area contributed by atoms with E-state index in [1.54, 1.807) is 0 Å². The van der Waals surface area contributed by atoms with E-state index in [0.29, 0.717) is 0 Å². The molecule has 1 N–H and O–H groups in total. The van der Waals surface area contributed by atoms with Gasteiger partial charge in [-0.15, -0.1) is 35.9 Å². The molecule has 0 saturated carbocycles. The van der Waals surface area contributed by atoms with Crippen molar-refractivity contribution in [3.05, 3.63) is 83.1 Å². The Balaban J connectivity index is 0.000000310. The van der Waals surface area contributed by atoms with E-state index < -0.39 is 0 Å². The average Bonchev–Trinajstić information content (AvgIpc) is 2.94. The summed E-state index contributed by atoms with van der Waals surface area (Å²) in [6.45, 7) is 11.6. The van der Waals surface area contributed by atoms with Gasteiger partial charge in [0.15, 0.2) is 5.78 Å². The topological polar surface area (TPSA) is 49.7 Å². The van der Waals surface area contributed by atoms with E-state index in [1.807, 2.05) is 45.9 Å². The fourth-order valence-electron chi connectivity index (χ4n) is 2.85. The fraction of sp³-hybridized carbons (Fsp3) is 0.360. The predicted octanol–water partition coefficient (Wildman–Crippen LogP) is 5.88. The number of hydrogen-bond donors (Lipinski definition) is 1. The zero-order valence-electron chi connectivity index (χ0n) is 18.0. The van der Waals surface area contributed by atoms with Gasteiger partial charge in [-0.25, -0.2) is 0 Å². The summed E-state index contributed by atoms with van der Waals surface area (Å²) >= 11 is 0. The van der Waals surface area contributed by atoms with Crippen LogP contribution in [0.1, 0.15) is 58.2 Å². The average molecular weight is 569 g/mol. The summed E-state index contributed by atoms with van der Waals surface area (Å²) in [5.41, 5.74) is 4.54. The quantitative estimate of drug-likeness (QED) is 0.285. The Labute approximate surface area is 188 Å². The minimum atomic E-state index is -0.129. The maximum atomic E-state index is 11.0. The van der Waals surface area contributed by atoms with Crippen molar-refractivity contribution in [2.45, 2.75) is 47.1 Å². The monoisotopic (exact) mass is 569 g/mol. The van der Waals surface area contributed by atoms with Gasteiger partial charge >= 0.3 is 0 Å². The maximum Gasteiger partial charge on any atom is 0.161 e. The molecule has 0 aliphatic carbocycles. The molecule has 4 heteroatoms. The Kier molecular flexibility index (Phi) is 9.19. The van der Waals surface area contributed by atoms with Crippen LogP contribution in [-0.2, 0) is 30.4 Å². The van der Waals surface area contributed by atoms with Gasteiger partial charge < -0.3 is 10.1 Å². The van der Waals surface area contributed by atoms with Crippen LogP contribution >= 0.6 is 0 Å². The van der Waals surface area contributed by atoms with Crippen LogP contribution in [0, 0.1) is 17.9 Å². The van der Waals surface area contributed by atoms with Crippen molar-refractivity contribution < 1.29 is 30.0 Å². The molecule has 157 valence electrons. The van der Waals surface area contributed by atoms with E-state index in [2.05, 4.69) is 50.2 Å². The zero-order chi connectivity index (χ0) is 20.9. The van der Waals surface area contributed by atoms with Gasteiger partial charge in [-0.1, -0.05) is 52.0 Å². The number of carbonyl (C=O) groups is 1. The molecule has 29 heavy (non-hydrogen) atoms. The number of fused-ring (bicyclic) bond motifs is 1. The number of ketones is 1. The third kappa shape index (κ3) is 6.48. The number of hydrogen-bond acceptors (Lipinski definition) is 3. The van der Waals surface area contributed by atoms with Gasteiger partial charge in [0.25, 0.3) is 0 Å². The fourth-order valence-corrected chi connectivity index (χ4v) is 2.85. The Morgan fingerprint density at radius 1 is 1.03 bits per heavy atom. The molecule has 1 aliphatic rings. The van der Waals surface area contributed by atoms with Crippen molar-refractivity contribution >= 4 is 11.5 Å². The smallest absolute Gasteiger partial charge is 0.161 e.